The number of hydrogen-bond donors (Lipinski definition) is 0. The summed E-state index contributed by atoms with van der Waals surface area (Å²) < 4.78 is 11.5. The average molecular weight is 373 g/mol. The van der Waals surface area contributed by atoms with Gasteiger partial charge in [-0.2, -0.15) is 0 Å². The first kappa shape index (κ1) is 19.8. The summed E-state index contributed by atoms with van der Waals surface area (Å²) in [5.74, 6) is 0.994. The number of nitrogens with zero attached hydrogens (tertiary/aromatic N) is 1. The van der Waals surface area contributed by atoms with Gasteiger partial charge in [0.2, 0.25) is 0 Å². The quantitative estimate of drug-likeness (QED) is 0.473. The topological polar surface area (TPSA) is 55.8 Å². The molecule has 138 valence electrons. The molecule has 1 saturated heterocycles. The van der Waals surface area contributed by atoms with Crippen LogP contribution in [0.3, 0.4) is 0 Å². The van der Waals surface area contributed by atoms with Crippen LogP contribution in [0.5, 0.6) is 11.5 Å². The molecule has 26 heavy (non-hydrogen) atoms. The molecule has 2 rings (SSSR count). The number of amides is 2. The highest BCUT2D eigenvalue weighted by atomic mass is 32.2. The van der Waals surface area contributed by atoms with Crippen molar-refractivity contribution in [1.82, 2.24) is 4.90 Å². The number of hydrogen-bond acceptors (Lipinski definition) is 5. The molecule has 1 aromatic rings. The number of allylic oxidation sites excluding steroid dienone is 1. The predicted octanol–water partition coefficient (Wildman–Crippen LogP) is 4.43. The summed E-state index contributed by atoms with van der Waals surface area (Å²) in [4.78, 5) is 25.9. The number of rotatable bonds is 9. The van der Waals surface area contributed by atoms with Crippen LogP contribution in [0.1, 0.15) is 25.0 Å². The zero-order valence-corrected chi connectivity index (χ0v) is 15.9. The zero-order chi connectivity index (χ0) is 19.1. The standard InChI is InChI=1S/C20H23NO4S/c1-5-9-15-11-14(12-16(24-7-3)18(15)25-8-4)13-17-19(22)21(10-6-2)20(23)26-17/h5-6,11-13H,1-2,7-10H2,3-4H3/b17-13+. The van der Waals surface area contributed by atoms with Gasteiger partial charge < -0.3 is 9.47 Å². The van der Waals surface area contributed by atoms with Gasteiger partial charge >= 0.3 is 0 Å². The molecule has 0 aliphatic carbocycles. The van der Waals surface area contributed by atoms with Gasteiger partial charge in [-0.15, -0.1) is 13.2 Å². The summed E-state index contributed by atoms with van der Waals surface area (Å²) in [5, 5.41) is -0.288. The monoisotopic (exact) mass is 373 g/mol. The zero-order valence-electron chi connectivity index (χ0n) is 15.1. The highest BCUT2D eigenvalue weighted by molar-refractivity contribution is 8.18. The van der Waals surface area contributed by atoms with E-state index in [4.69, 9.17) is 9.47 Å². The van der Waals surface area contributed by atoms with Crippen molar-refractivity contribution in [2.75, 3.05) is 19.8 Å². The van der Waals surface area contributed by atoms with E-state index in [1.807, 2.05) is 26.0 Å². The minimum absolute atomic E-state index is 0.206. The lowest BCUT2D eigenvalue weighted by Gasteiger charge is -2.16. The molecule has 0 N–H and O–H groups in total. The second kappa shape index (κ2) is 9.29. The van der Waals surface area contributed by atoms with Crippen molar-refractivity contribution in [2.24, 2.45) is 0 Å². The van der Waals surface area contributed by atoms with Crippen molar-refractivity contribution in [3.8, 4) is 11.5 Å². The van der Waals surface area contributed by atoms with E-state index >= 15 is 0 Å². The minimum Gasteiger partial charge on any atom is -0.490 e. The van der Waals surface area contributed by atoms with Crippen molar-refractivity contribution in [1.29, 1.82) is 0 Å². The fourth-order valence-electron chi connectivity index (χ4n) is 2.58. The van der Waals surface area contributed by atoms with E-state index in [2.05, 4.69) is 13.2 Å². The average Bonchev–Trinajstić information content (AvgIpc) is 2.86. The Morgan fingerprint density at radius 3 is 2.46 bits per heavy atom. The first-order valence-corrected chi connectivity index (χ1v) is 9.26. The molecule has 1 heterocycles. The molecule has 5 nitrogen and oxygen atoms in total. The number of imide groups is 1. The summed E-state index contributed by atoms with van der Waals surface area (Å²) in [6.45, 7) is 12.4. The summed E-state index contributed by atoms with van der Waals surface area (Å²) in [7, 11) is 0. The van der Waals surface area contributed by atoms with Crippen molar-refractivity contribution < 1.29 is 19.1 Å². The fraction of sp³-hybridized carbons (Fsp3) is 0.300. The summed E-state index contributed by atoms with van der Waals surface area (Å²) in [5.41, 5.74) is 1.70. The molecule has 0 bridgehead atoms. The smallest absolute Gasteiger partial charge is 0.293 e. The van der Waals surface area contributed by atoms with Crippen LogP contribution in [0.2, 0.25) is 0 Å². The van der Waals surface area contributed by atoms with Gasteiger partial charge in [0.05, 0.1) is 18.1 Å². The molecule has 2 amide bonds. The largest absolute Gasteiger partial charge is 0.490 e. The second-order valence-corrected chi connectivity index (χ2v) is 6.44. The molecule has 6 heteroatoms. The van der Waals surface area contributed by atoms with Gasteiger partial charge in [0.25, 0.3) is 11.1 Å². The molecule has 0 spiro atoms. The summed E-state index contributed by atoms with van der Waals surface area (Å²) in [6.07, 6.45) is 5.63. The van der Waals surface area contributed by atoms with Gasteiger partial charge in [0, 0.05) is 12.1 Å². The molecule has 0 atom stereocenters. The maximum absolute atomic E-state index is 12.4. The van der Waals surface area contributed by atoms with Crippen LogP contribution in [0.25, 0.3) is 6.08 Å². The highest BCUT2D eigenvalue weighted by Gasteiger charge is 2.34. The first-order valence-electron chi connectivity index (χ1n) is 8.45. The maximum Gasteiger partial charge on any atom is 0.293 e. The predicted molar refractivity (Wildman–Crippen MR) is 106 cm³/mol. The van der Waals surface area contributed by atoms with Gasteiger partial charge in [-0.05, 0) is 55.8 Å². The summed E-state index contributed by atoms with van der Waals surface area (Å²) in [6, 6.07) is 3.75. The van der Waals surface area contributed by atoms with E-state index < -0.39 is 0 Å². The number of thioether (sulfide) groups is 1. The van der Waals surface area contributed by atoms with Crippen molar-refractivity contribution in [3.05, 3.63) is 53.5 Å². The first-order chi connectivity index (χ1) is 12.5. The van der Waals surface area contributed by atoms with E-state index in [-0.39, 0.29) is 17.7 Å². The lowest BCUT2D eigenvalue weighted by Crippen LogP contribution is -2.27. The van der Waals surface area contributed by atoms with Crippen LogP contribution in [0.4, 0.5) is 4.79 Å². The molecule has 1 aliphatic heterocycles. The van der Waals surface area contributed by atoms with Crippen LogP contribution < -0.4 is 9.47 Å². The van der Waals surface area contributed by atoms with Crippen LogP contribution >= 0.6 is 11.8 Å². The molecular weight excluding hydrogens is 350 g/mol. The molecule has 0 aromatic heterocycles. The van der Waals surface area contributed by atoms with Gasteiger partial charge in [-0.3, -0.25) is 14.5 Å². The third kappa shape index (κ3) is 4.38. The Bertz CT molecular complexity index is 754. The van der Waals surface area contributed by atoms with Crippen LogP contribution in [0, 0.1) is 0 Å². The SMILES string of the molecule is C=CCc1cc(/C=C2/SC(=O)N(CC=C)C2=O)cc(OCC)c1OCC. The van der Waals surface area contributed by atoms with Gasteiger partial charge in [0.15, 0.2) is 11.5 Å². The van der Waals surface area contributed by atoms with Gasteiger partial charge in [-0.25, -0.2) is 0 Å². The Labute approximate surface area is 158 Å². The molecular formula is C20H23NO4S. The third-order valence-electron chi connectivity index (χ3n) is 3.59. The van der Waals surface area contributed by atoms with E-state index in [0.29, 0.717) is 36.0 Å². The van der Waals surface area contributed by atoms with Crippen molar-refractivity contribution in [3.63, 3.8) is 0 Å². The van der Waals surface area contributed by atoms with E-state index in [1.54, 1.807) is 12.2 Å². The fourth-order valence-corrected chi connectivity index (χ4v) is 3.43. The Balaban J connectivity index is 2.46. The molecule has 1 aromatic carbocycles. The number of ether oxygens (including phenoxy) is 2. The molecule has 0 radical (unpaired) electrons. The Morgan fingerprint density at radius 2 is 1.85 bits per heavy atom. The van der Waals surface area contributed by atoms with E-state index in [0.717, 1.165) is 22.9 Å². The maximum atomic E-state index is 12.4. The Morgan fingerprint density at radius 1 is 1.12 bits per heavy atom. The number of carbonyl (C=O) groups is 2. The van der Waals surface area contributed by atoms with Crippen LogP contribution in [-0.2, 0) is 11.2 Å². The number of benzene rings is 1. The lowest BCUT2D eigenvalue weighted by molar-refractivity contribution is -0.122. The third-order valence-corrected chi connectivity index (χ3v) is 4.50. The normalized spacial score (nSPS) is 15.5. The van der Waals surface area contributed by atoms with E-state index in [1.165, 1.54) is 11.0 Å². The second-order valence-electron chi connectivity index (χ2n) is 5.45. The van der Waals surface area contributed by atoms with Crippen molar-refractivity contribution >= 4 is 29.0 Å². The summed E-state index contributed by atoms with van der Waals surface area (Å²) >= 11 is 0.928. The molecule has 0 unspecified atom stereocenters. The van der Waals surface area contributed by atoms with Gasteiger partial charge in [0.1, 0.15) is 0 Å². The minimum atomic E-state index is -0.308. The number of carbonyl (C=O) groups excluding carboxylic acids is 2. The molecule has 0 saturated carbocycles. The van der Waals surface area contributed by atoms with Crippen LogP contribution in [0.15, 0.2) is 42.3 Å². The van der Waals surface area contributed by atoms with Crippen molar-refractivity contribution in [2.45, 2.75) is 20.3 Å². The van der Waals surface area contributed by atoms with E-state index in [9.17, 15) is 9.59 Å². The van der Waals surface area contributed by atoms with Gasteiger partial charge in [-0.1, -0.05) is 12.2 Å². The highest BCUT2D eigenvalue weighted by Crippen LogP contribution is 2.37. The Kier molecular flexibility index (Phi) is 7.09. The van der Waals surface area contributed by atoms with Crippen LogP contribution in [-0.4, -0.2) is 35.8 Å². The molecule has 1 aliphatic rings. The Hall–Kier alpha value is -2.47. The lowest BCUT2D eigenvalue weighted by atomic mass is 10.0. The molecule has 1 fully saturated rings.